The molecule has 1 aromatic carbocycles. The quantitative estimate of drug-likeness (QED) is 0.803. The van der Waals surface area contributed by atoms with E-state index in [9.17, 15) is 9.18 Å². The molecule has 0 aliphatic carbocycles. The van der Waals surface area contributed by atoms with Gasteiger partial charge in [0, 0.05) is 11.3 Å². The van der Waals surface area contributed by atoms with Gasteiger partial charge in [-0.05, 0) is 36.8 Å². The highest BCUT2D eigenvalue weighted by atomic mass is 19.1. The summed E-state index contributed by atoms with van der Waals surface area (Å²) in [6.45, 7) is 1.96. The van der Waals surface area contributed by atoms with Crippen molar-refractivity contribution >= 4 is 11.6 Å². The lowest BCUT2D eigenvalue weighted by Crippen LogP contribution is -2.03. The SMILES string of the molecule is CCc1cc(-c2ccc(F)cc2)nc2c(C(=O)O)ncn12. The van der Waals surface area contributed by atoms with Crippen LogP contribution in [0.15, 0.2) is 36.7 Å². The van der Waals surface area contributed by atoms with Crippen molar-refractivity contribution in [3.63, 3.8) is 0 Å². The molecule has 0 fully saturated rings. The van der Waals surface area contributed by atoms with Crippen molar-refractivity contribution in [2.45, 2.75) is 13.3 Å². The van der Waals surface area contributed by atoms with Gasteiger partial charge in [-0.15, -0.1) is 0 Å². The Kier molecular flexibility index (Phi) is 3.13. The van der Waals surface area contributed by atoms with E-state index in [0.29, 0.717) is 17.8 Å². The van der Waals surface area contributed by atoms with Crippen molar-refractivity contribution in [1.82, 2.24) is 14.4 Å². The maximum absolute atomic E-state index is 13.0. The molecule has 1 N–H and O–H groups in total. The second kappa shape index (κ2) is 4.97. The minimum atomic E-state index is -1.12. The normalized spacial score (nSPS) is 11.0. The van der Waals surface area contributed by atoms with Gasteiger partial charge in [0.1, 0.15) is 12.1 Å². The molecule has 3 aromatic rings. The summed E-state index contributed by atoms with van der Waals surface area (Å²) in [4.78, 5) is 19.5. The molecular weight excluding hydrogens is 273 g/mol. The van der Waals surface area contributed by atoms with Crippen LogP contribution in [0.3, 0.4) is 0 Å². The van der Waals surface area contributed by atoms with Crippen molar-refractivity contribution in [1.29, 1.82) is 0 Å². The van der Waals surface area contributed by atoms with Crippen LogP contribution in [-0.2, 0) is 6.42 Å². The van der Waals surface area contributed by atoms with Crippen LogP contribution in [0.5, 0.6) is 0 Å². The van der Waals surface area contributed by atoms with E-state index in [2.05, 4.69) is 9.97 Å². The third-order valence-corrected chi connectivity index (χ3v) is 3.29. The number of hydrogen-bond donors (Lipinski definition) is 1. The third-order valence-electron chi connectivity index (χ3n) is 3.29. The lowest BCUT2D eigenvalue weighted by atomic mass is 10.1. The topological polar surface area (TPSA) is 67.5 Å². The van der Waals surface area contributed by atoms with Gasteiger partial charge < -0.3 is 5.11 Å². The molecule has 0 radical (unpaired) electrons. The number of carbonyl (C=O) groups is 1. The molecule has 0 spiro atoms. The number of aryl methyl sites for hydroxylation is 1. The first-order valence-corrected chi connectivity index (χ1v) is 6.46. The van der Waals surface area contributed by atoms with Crippen LogP contribution in [0.2, 0.25) is 0 Å². The number of rotatable bonds is 3. The fourth-order valence-electron chi connectivity index (χ4n) is 2.22. The maximum atomic E-state index is 13.0. The van der Waals surface area contributed by atoms with Crippen LogP contribution >= 0.6 is 0 Å². The van der Waals surface area contributed by atoms with E-state index in [4.69, 9.17) is 5.11 Å². The van der Waals surface area contributed by atoms with Crippen molar-refractivity contribution < 1.29 is 14.3 Å². The Morgan fingerprint density at radius 1 is 1.33 bits per heavy atom. The summed E-state index contributed by atoms with van der Waals surface area (Å²) in [7, 11) is 0. The minimum absolute atomic E-state index is 0.0892. The molecule has 0 atom stereocenters. The van der Waals surface area contributed by atoms with E-state index in [1.54, 1.807) is 16.5 Å². The zero-order valence-electron chi connectivity index (χ0n) is 11.2. The highest BCUT2D eigenvalue weighted by molar-refractivity contribution is 5.92. The van der Waals surface area contributed by atoms with E-state index in [0.717, 1.165) is 11.3 Å². The Bertz CT molecular complexity index is 825. The summed E-state index contributed by atoms with van der Waals surface area (Å²) in [6.07, 6.45) is 2.15. The molecule has 0 unspecified atom stereocenters. The molecule has 5 nitrogen and oxygen atoms in total. The Morgan fingerprint density at radius 3 is 2.67 bits per heavy atom. The van der Waals surface area contributed by atoms with Crippen LogP contribution in [-0.4, -0.2) is 25.4 Å². The summed E-state index contributed by atoms with van der Waals surface area (Å²) in [5, 5.41) is 9.17. The van der Waals surface area contributed by atoms with Gasteiger partial charge in [-0.1, -0.05) is 6.92 Å². The van der Waals surface area contributed by atoms with E-state index < -0.39 is 5.97 Å². The van der Waals surface area contributed by atoms with Gasteiger partial charge in [-0.25, -0.2) is 19.2 Å². The summed E-state index contributed by atoms with van der Waals surface area (Å²) >= 11 is 0. The molecule has 0 amide bonds. The summed E-state index contributed by atoms with van der Waals surface area (Å²) in [5.74, 6) is -1.45. The summed E-state index contributed by atoms with van der Waals surface area (Å²) in [6, 6.07) is 7.78. The number of hydrogen-bond acceptors (Lipinski definition) is 3. The van der Waals surface area contributed by atoms with E-state index in [-0.39, 0.29) is 11.5 Å². The van der Waals surface area contributed by atoms with Crippen molar-refractivity contribution in [2.24, 2.45) is 0 Å². The van der Waals surface area contributed by atoms with E-state index in [1.807, 2.05) is 13.0 Å². The first-order chi connectivity index (χ1) is 10.1. The van der Waals surface area contributed by atoms with E-state index >= 15 is 0 Å². The van der Waals surface area contributed by atoms with Crippen molar-refractivity contribution in [3.05, 3.63) is 53.9 Å². The van der Waals surface area contributed by atoms with Crippen molar-refractivity contribution in [3.8, 4) is 11.3 Å². The van der Waals surface area contributed by atoms with E-state index in [1.165, 1.54) is 18.5 Å². The van der Waals surface area contributed by atoms with Gasteiger partial charge in [0.05, 0.1) is 5.69 Å². The molecular formula is C15H12FN3O2. The van der Waals surface area contributed by atoms with Gasteiger partial charge in [0.15, 0.2) is 11.3 Å². The van der Waals surface area contributed by atoms with Crippen LogP contribution < -0.4 is 0 Å². The van der Waals surface area contributed by atoms with Gasteiger partial charge >= 0.3 is 5.97 Å². The zero-order valence-corrected chi connectivity index (χ0v) is 11.2. The molecule has 0 aliphatic heterocycles. The Labute approximate surface area is 119 Å². The first kappa shape index (κ1) is 13.2. The fraction of sp³-hybridized carbons (Fsp3) is 0.133. The number of aromatic nitrogens is 3. The summed E-state index contributed by atoms with van der Waals surface area (Å²) in [5.41, 5.74) is 2.42. The number of nitrogens with zero attached hydrogens (tertiary/aromatic N) is 3. The molecule has 6 heteroatoms. The smallest absolute Gasteiger partial charge is 0.358 e. The van der Waals surface area contributed by atoms with Crippen LogP contribution in [0.4, 0.5) is 4.39 Å². The molecule has 3 rings (SSSR count). The van der Waals surface area contributed by atoms with Crippen LogP contribution in [0, 0.1) is 5.82 Å². The number of imidazole rings is 1. The average molecular weight is 285 g/mol. The number of carboxylic acids is 1. The zero-order chi connectivity index (χ0) is 15.0. The highest BCUT2D eigenvalue weighted by Gasteiger charge is 2.16. The summed E-state index contributed by atoms with van der Waals surface area (Å²) < 4.78 is 14.7. The van der Waals surface area contributed by atoms with Gasteiger partial charge in [-0.2, -0.15) is 0 Å². The Hall–Kier alpha value is -2.76. The largest absolute Gasteiger partial charge is 0.476 e. The molecule has 0 aliphatic rings. The molecule has 106 valence electrons. The fourth-order valence-corrected chi connectivity index (χ4v) is 2.22. The lowest BCUT2D eigenvalue weighted by molar-refractivity contribution is 0.0693. The number of benzene rings is 1. The molecule has 0 bridgehead atoms. The van der Waals surface area contributed by atoms with Crippen LogP contribution in [0.1, 0.15) is 23.1 Å². The Balaban J connectivity index is 2.26. The molecule has 21 heavy (non-hydrogen) atoms. The number of aromatic carboxylic acids is 1. The number of fused-ring (bicyclic) bond motifs is 1. The monoisotopic (exact) mass is 285 g/mol. The highest BCUT2D eigenvalue weighted by Crippen LogP contribution is 2.22. The molecule has 0 saturated carbocycles. The lowest BCUT2D eigenvalue weighted by Gasteiger charge is -2.07. The second-order valence-corrected chi connectivity index (χ2v) is 4.59. The molecule has 0 saturated heterocycles. The predicted octanol–water partition coefficient (Wildman–Crippen LogP) is 2.80. The van der Waals surface area contributed by atoms with Crippen LogP contribution in [0.25, 0.3) is 16.9 Å². The Morgan fingerprint density at radius 2 is 2.05 bits per heavy atom. The van der Waals surface area contributed by atoms with Gasteiger partial charge in [0.25, 0.3) is 0 Å². The van der Waals surface area contributed by atoms with Gasteiger partial charge in [0.2, 0.25) is 0 Å². The first-order valence-electron chi connectivity index (χ1n) is 6.46. The van der Waals surface area contributed by atoms with Gasteiger partial charge in [-0.3, -0.25) is 4.40 Å². The molecule has 2 heterocycles. The average Bonchev–Trinajstić information content (AvgIpc) is 2.91. The maximum Gasteiger partial charge on any atom is 0.358 e. The molecule has 2 aromatic heterocycles. The number of halogens is 1. The minimum Gasteiger partial charge on any atom is -0.476 e. The predicted molar refractivity (Wildman–Crippen MR) is 74.7 cm³/mol. The standard InChI is InChI=1S/C15H12FN3O2/c1-2-11-7-12(9-3-5-10(16)6-4-9)18-14-13(15(20)21)17-8-19(11)14/h3-8H,2H2,1H3,(H,20,21). The second-order valence-electron chi connectivity index (χ2n) is 4.59. The van der Waals surface area contributed by atoms with Crippen molar-refractivity contribution in [2.75, 3.05) is 0 Å². The number of carboxylic acid groups (broad SMARTS) is 1. The third kappa shape index (κ3) is 2.24.